The zero-order chi connectivity index (χ0) is 14.3. The van der Waals surface area contributed by atoms with Crippen LogP contribution in [0.25, 0.3) is 0 Å². The Morgan fingerprint density at radius 1 is 1.32 bits per heavy atom. The maximum Gasteiger partial charge on any atom is 0.0593 e. The van der Waals surface area contributed by atoms with Crippen molar-refractivity contribution in [1.82, 2.24) is 10.2 Å². The summed E-state index contributed by atoms with van der Waals surface area (Å²) in [5, 5.41) is 3.79. The van der Waals surface area contributed by atoms with Gasteiger partial charge >= 0.3 is 0 Å². The van der Waals surface area contributed by atoms with E-state index in [0.29, 0.717) is 11.5 Å². The molecule has 0 aromatic heterocycles. The Morgan fingerprint density at radius 3 is 2.68 bits per heavy atom. The number of rotatable bonds is 9. The van der Waals surface area contributed by atoms with Crippen LogP contribution in [0.1, 0.15) is 47.0 Å². The van der Waals surface area contributed by atoms with Gasteiger partial charge in [0.25, 0.3) is 0 Å². The van der Waals surface area contributed by atoms with Crippen LogP contribution < -0.4 is 5.32 Å². The molecule has 0 spiro atoms. The van der Waals surface area contributed by atoms with E-state index in [1.54, 1.807) is 0 Å². The first-order valence-electron chi connectivity index (χ1n) is 8.01. The minimum atomic E-state index is 0.445. The van der Waals surface area contributed by atoms with Crippen LogP contribution in [-0.2, 0) is 4.74 Å². The summed E-state index contributed by atoms with van der Waals surface area (Å²) in [5.74, 6) is 0.785. The Hall–Kier alpha value is -0.120. The Morgan fingerprint density at radius 2 is 2.05 bits per heavy atom. The highest BCUT2D eigenvalue weighted by molar-refractivity contribution is 4.96. The summed E-state index contributed by atoms with van der Waals surface area (Å²) < 4.78 is 5.44. The van der Waals surface area contributed by atoms with Crippen LogP contribution in [0.3, 0.4) is 0 Å². The highest BCUT2D eigenvalue weighted by Crippen LogP contribution is 2.41. The fourth-order valence-electron chi connectivity index (χ4n) is 3.31. The van der Waals surface area contributed by atoms with E-state index in [0.717, 1.165) is 32.2 Å². The molecular formula is C16H34N2O. The molecule has 1 fully saturated rings. The molecule has 2 atom stereocenters. The van der Waals surface area contributed by atoms with Gasteiger partial charge in [0.05, 0.1) is 6.61 Å². The average Bonchev–Trinajstić information content (AvgIpc) is 2.62. The third-order valence-corrected chi connectivity index (χ3v) is 4.45. The van der Waals surface area contributed by atoms with Gasteiger partial charge in [0.15, 0.2) is 0 Å². The molecule has 1 aliphatic carbocycles. The smallest absolute Gasteiger partial charge is 0.0593 e. The second-order valence-electron chi connectivity index (χ2n) is 6.68. The van der Waals surface area contributed by atoms with E-state index in [4.69, 9.17) is 4.74 Å². The van der Waals surface area contributed by atoms with Gasteiger partial charge in [0.2, 0.25) is 0 Å². The van der Waals surface area contributed by atoms with Gasteiger partial charge in [0.1, 0.15) is 0 Å². The topological polar surface area (TPSA) is 24.5 Å². The number of hydrogen-bond donors (Lipinski definition) is 1. The molecule has 0 saturated heterocycles. The zero-order valence-electron chi connectivity index (χ0n) is 13.7. The van der Waals surface area contributed by atoms with Crippen molar-refractivity contribution in [1.29, 1.82) is 0 Å². The van der Waals surface area contributed by atoms with Crippen molar-refractivity contribution in [3.63, 3.8) is 0 Å². The third kappa shape index (κ3) is 5.41. The zero-order valence-corrected chi connectivity index (χ0v) is 13.7. The van der Waals surface area contributed by atoms with Crippen molar-refractivity contribution >= 4 is 0 Å². The van der Waals surface area contributed by atoms with Crippen molar-refractivity contribution in [2.45, 2.75) is 53.0 Å². The third-order valence-electron chi connectivity index (χ3n) is 4.45. The normalized spacial score (nSPS) is 26.2. The fraction of sp³-hybridized carbons (Fsp3) is 1.00. The van der Waals surface area contributed by atoms with Crippen LogP contribution in [0.2, 0.25) is 0 Å². The van der Waals surface area contributed by atoms with Gasteiger partial charge < -0.3 is 15.0 Å². The first kappa shape index (κ1) is 16.9. The van der Waals surface area contributed by atoms with Gasteiger partial charge in [-0.15, -0.1) is 0 Å². The lowest BCUT2D eigenvalue weighted by molar-refractivity contribution is 0.112. The van der Waals surface area contributed by atoms with E-state index in [1.165, 1.54) is 25.8 Å². The second kappa shape index (κ2) is 8.23. The molecule has 114 valence electrons. The van der Waals surface area contributed by atoms with Crippen LogP contribution in [0.15, 0.2) is 0 Å². The molecule has 2 unspecified atom stereocenters. The SMILES string of the molecule is CCCNC1C(CN(C)CCOCC)CCC1(C)C. The number of hydrogen-bond acceptors (Lipinski definition) is 3. The van der Waals surface area contributed by atoms with E-state index in [1.807, 2.05) is 0 Å². The average molecular weight is 270 g/mol. The molecule has 3 nitrogen and oxygen atoms in total. The molecule has 0 amide bonds. The fourth-order valence-corrected chi connectivity index (χ4v) is 3.31. The van der Waals surface area contributed by atoms with Crippen LogP contribution >= 0.6 is 0 Å². The number of likely N-dealkylation sites (N-methyl/N-ethyl adjacent to an activating group) is 1. The maximum atomic E-state index is 5.44. The first-order valence-corrected chi connectivity index (χ1v) is 8.01. The molecule has 19 heavy (non-hydrogen) atoms. The van der Waals surface area contributed by atoms with Crippen LogP contribution in [0.4, 0.5) is 0 Å². The van der Waals surface area contributed by atoms with Crippen LogP contribution in [0, 0.1) is 11.3 Å². The van der Waals surface area contributed by atoms with E-state index in [-0.39, 0.29) is 0 Å². The largest absolute Gasteiger partial charge is 0.380 e. The lowest BCUT2D eigenvalue weighted by Crippen LogP contribution is -2.45. The monoisotopic (exact) mass is 270 g/mol. The Bertz CT molecular complexity index is 243. The van der Waals surface area contributed by atoms with Crippen molar-refractivity contribution in [3.8, 4) is 0 Å². The summed E-state index contributed by atoms with van der Waals surface area (Å²) >= 11 is 0. The standard InChI is InChI=1S/C16H34N2O/c1-6-10-17-15-14(8-9-16(15,3)4)13-18(5)11-12-19-7-2/h14-15,17H,6-13H2,1-5H3. The molecule has 0 radical (unpaired) electrons. The van der Waals surface area contributed by atoms with Crippen LogP contribution in [-0.4, -0.2) is 50.8 Å². The molecule has 1 aliphatic rings. The molecule has 0 aliphatic heterocycles. The molecule has 0 bridgehead atoms. The van der Waals surface area contributed by atoms with Crippen molar-refractivity contribution in [2.75, 3.05) is 39.9 Å². The molecule has 1 N–H and O–H groups in total. The Kier molecular flexibility index (Phi) is 7.33. The molecule has 3 heteroatoms. The number of nitrogens with zero attached hydrogens (tertiary/aromatic N) is 1. The summed E-state index contributed by atoms with van der Waals surface area (Å²) in [6, 6.07) is 0.669. The minimum absolute atomic E-state index is 0.445. The van der Waals surface area contributed by atoms with E-state index in [2.05, 4.69) is 45.0 Å². The van der Waals surface area contributed by atoms with Crippen LogP contribution in [0.5, 0.6) is 0 Å². The summed E-state index contributed by atoms with van der Waals surface area (Å²) in [7, 11) is 2.22. The van der Waals surface area contributed by atoms with Gasteiger partial charge in [-0.3, -0.25) is 0 Å². The number of nitrogens with one attached hydrogen (secondary N) is 1. The van der Waals surface area contributed by atoms with Gasteiger partial charge in [0, 0.05) is 25.7 Å². The molecule has 1 saturated carbocycles. The lowest BCUT2D eigenvalue weighted by atomic mass is 9.84. The number of ether oxygens (including phenoxy) is 1. The van der Waals surface area contributed by atoms with Crippen molar-refractivity contribution in [2.24, 2.45) is 11.3 Å². The van der Waals surface area contributed by atoms with Gasteiger partial charge in [-0.05, 0) is 51.1 Å². The molecule has 0 aromatic rings. The Labute approximate surface area is 120 Å². The van der Waals surface area contributed by atoms with Crippen molar-refractivity contribution < 1.29 is 4.74 Å². The predicted octanol–water partition coefficient (Wildman–Crippen LogP) is 2.76. The lowest BCUT2D eigenvalue weighted by Gasteiger charge is -2.33. The summed E-state index contributed by atoms with van der Waals surface area (Å²) in [6.07, 6.45) is 3.92. The molecule has 1 rings (SSSR count). The second-order valence-corrected chi connectivity index (χ2v) is 6.68. The summed E-state index contributed by atoms with van der Waals surface area (Å²) in [6.45, 7) is 14.2. The first-order chi connectivity index (χ1) is 9.01. The predicted molar refractivity (Wildman–Crippen MR) is 82.6 cm³/mol. The maximum absolute atomic E-state index is 5.44. The highest BCUT2D eigenvalue weighted by atomic mass is 16.5. The van der Waals surface area contributed by atoms with E-state index >= 15 is 0 Å². The van der Waals surface area contributed by atoms with Gasteiger partial charge in [-0.25, -0.2) is 0 Å². The van der Waals surface area contributed by atoms with Crippen molar-refractivity contribution in [3.05, 3.63) is 0 Å². The quantitative estimate of drug-likeness (QED) is 0.652. The van der Waals surface area contributed by atoms with Gasteiger partial charge in [-0.1, -0.05) is 20.8 Å². The Balaban J connectivity index is 2.42. The summed E-state index contributed by atoms with van der Waals surface area (Å²) in [5.41, 5.74) is 0.445. The van der Waals surface area contributed by atoms with E-state index < -0.39 is 0 Å². The molecule has 0 heterocycles. The molecule has 0 aromatic carbocycles. The van der Waals surface area contributed by atoms with Gasteiger partial charge in [-0.2, -0.15) is 0 Å². The minimum Gasteiger partial charge on any atom is -0.380 e. The highest BCUT2D eigenvalue weighted by Gasteiger charge is 2.41. The molecular weight excluding hydrogens is 236 g/mol. The summed E-state index contributed by atoms with van der Waals surface area (Å²) in [4.78, 5) is 2.43. The van der Waals surface area contributed by atoms with E-state index in [9.17, 15) is 0 Å².